The normalized spacial score (nSPS) is 19.8. The summed E-state index contributed by atoms with van der Waals surface area (Å²) in [6, 6.07) is 7.63. The Labute approximate surface area is 115 Å². The number of nitrogens with zero attached hydrogens (tertiary/aromatic N) is 2. The Morgan fingerprint density at radius 1 is 1.39 bits per heavy atom. The van der Waals surface area contributed by atoms with Crippen LogP contribution in [0.2, 0.25) is 5.02 Å². The molecule has 5 heteroatoms. The minimum Gasteiger partial charge on any atom is -0.308 e. The van der Waals surface area contributed by atoms with Crippen molar-refractivity contribution < 1.29 is 4.79 Å². The van der Waals surface area contributed by atoms with Crippen molar-refractivity contribution in [3.05, 3.63) is 35.5 Å². The molecule has 3 rings (SSSR count). The summed E-state index contributed by atoms with van der Waals surface area (Å²) in [5, 5.41) is 1.52. The molecule has 1 atom stereocenters. The number of pyridine rings is 1. The zero-order valence-electron chi connectivity index (χ0n) is 9.51. The number of para-hydroxylation sites is 1. The molecule has 2 heterocycles. The second-order valence-corrected chi connectivity index (χ2v) is 5.45. The van der Waals surface area contributed by atoms with E-state index in [1.54, 1.807) is 11.1 Å². The Kier molecular flexibility index (Phi) is 2.92. The summed E-state index contributed by atoms with van der Waals surface area (Å²) < 4.78 is 0. The summed E-state index contributed by atoms with van der Waals surface area (Å²) in [5.74, 6) is 0.0500. The third-order valence-corrected chi connectivity index (χ3v) is 3.83. The number of carbonyl (C=O) groups excluding carboxylic acids is 1. The molecule has 2 aromatic rings. The molecule has 0 saturated carbocycles. The van der Waals surface area contributed by atoms with E-state index in [9.17, 15) is 4.79 Å². The molecular weight excluding hydrogens is 268 g/mol. The van der Waals surface area contributed by atoms with Gasteiger partial charge in [0.25, 0.3) is 0 Å². The van der Waals surface area contributed by atoms with E-state index in [0.717, 1.165) is 10.9 Å². The first-order valence-electron chi connectivity index (χ1n) is 5.68. The van der Waals surface area contributed by atoms with Gasteiger partial charge in [-0.05, 0) is 6.07 Å². The summed E-state index contributed by atoms with van der Waals surface area (Å²) in [6.07, 6.45) is 2.11. The number of anilines is 1. The van der Waals surface area contributed by atoms with E-state index in [2.05, 4.69) is 17.6 Å². The fourth-order valence-corrected chi connectivity index (χ4v) is 2.84. The van der Waals surface area contributed by atoms with E-state index < -0.39 is 0 Å². The van der Waals surface area contributed by atoms with Crippen molar-refractivity contribution in [3.8, 4) is 0 Å². The van der Waals surface area contributed by atoms with Crippen molar-refractivity contribution in [3.63, 3.8) is 0 Å². The van der Waals surface area contributed by atoms with Gasteiger partial charge in [0, 0.05) is 23.6 Å². The molecule has 3 nitrogen and oxygen atoms in total. The number of thiol groups is 1. The van der Waals surface area contributed by atoms with Crippen LogP contribution in [-0.2, 0) is 4.79 Å². The largest absolute Gasteiger partial charge is 0.308 e. The Morgan fingerprint density at radius 3 is 2.89 bits per heavy atom. The molecule has 1 saturated heterocycles. The van der Waals surface area contributed by atoms with E-state index in [-0.39, 0.29) is 11.2 Å². The number of benzene rings is 1. The summed E-state index contributed by atoms with van der Waals surface area (Å²) in [5.41, 5.74) is 1.51. The average molecular weight is 279 g/mol. The predicted molar refractivity (Wildman–Crippen MR) is 76.5 cm³/mol. The third kappa shape index (κ3) is 1.85. The molecule has 1 amide bonds. The zero-order valence-corrected chi connectivity index (χ0v) is 11.2. The minimum absolute atomic E-state index is 0.0500. The molecule has 1 aliphatic heterocycles. The first kappa shape index (κ1) is 11.8. The molecule has 0 aliphatic carbocycles. The van der Waals surface area contributed by atoms with Crippen LogP contribution in [0.1, 0.15) is 6.42 Å². The Balaban J connectivity index is 2.13. The average Bonchev–Trinajstić information content (AvgIpc) is 2.69. The van der Waals surface area contributed by atoms with E-state index in [4.69, 9.17) is 11.6 Å². The fraction of sp³-hybridized carbons (Fsp3) is 0.231. The first-order chi connectivity index (χ1) is 8.66. The maximum atomic E-state index is 11.9. The van der Waals surface area contributed by atoms with Crippen molar-refractivity contribution in [1.29, 1.82) is 0 Å². The molecule has 1 unspecified atom stereocenters. The molecular formula is C13H11ClN2OS. The standard InChI is InChI=1S/C13H11ClN2OS/c14-13-9-3-1-2-4-10(9)15-6-11(13)16-7-8(18)5-12(16)17/h1-4,6,8,18H,5,7H2. The van der Waals surface area contributed by atoms with Crippen molar-refractivity contribution in [2.75, 3.05) is 11.4 Å². The third-order valence-electron chi connectivity index (χ3n) is 3.09. The monoisotopic (exact) mass is 278 g/mol. The summed E-state index contributed by atoms with van der Waals surface area (Å²) in [4.78, 5) is 17.9. The van der Waals surface area contributed by atoms with E-state index in [1.165, 1.54) is 0 Å². The number of rotatable bonds is 1. The molecule has 0 spiro atoms. The van der Waals surface area contributed by atoms with E-state index >= 15 is 0 Å². The van der Waals surface area contributed by atoms with Crippen LogP contribution in [-0.4, -0.2) is 22.7 Å². The lowest BCUT2D eigenvalue weighted by molar-refractivity contribution is -0.117. The van der Waals surface area contributed by atoms with Crippen LogP contribution in [0.4, 0.5) is 5.69 Å². The minimum atomic E-state index is 0.0500. The molecule has 1 aromatic carbocycles. The summed E-state index contributed by atoms with van der Waals surface area (Å²) in [6.45, 7) is 0.585. The second-order valence-electron chi connectivity index (χ2n) is 4.34. The Bertz CT molecular complexity index is 631. The van der Waals surface area contributed by atoms with Gasteiger partial charge in [-0.1, -0.05) is 29.8 Å². The van der Waals surface area contributed by atoms with Crippen LogP contribution in [0.25, 0.3) is 10.9 Å². The SMILES string of the molecule is O=C1CC(S)CN1c1cnc2ccccc2c1Cl. The maximum absolute atomic E-state index is 11.9. The molecule has 0 N–H and O–H groups in total. The number of hydrogen-bond acceptors (Lipinski definition) is 3. The van der Waals surface area contributed by atoms with Crippen molar-refractivity contribution in [2.24, 2.45) is 0 Å². The van der Waals surface area contributed by atoms with Crippen LogP contribution >= 0.6 is 24.2 Å². The Morgan fingerprint density at radius 2 is 2.17 bits per heavy atom. The predicted octanol–water partition coefficient (Wildman–Crippen LogP) is 2.92. The van der Waals surface area contributed by atoms with Crippen molar-refractivity contribution >= 4 is 46.7 Å². The highest BCUT2D eigenvalue weighted by Gasteiger charge is 2.30. The highest BCUT2D eigenvalue weighted by atomic mass is 35.5. The van der Waals surface area contributed by atoms with E-state index in [1.807, 2.05) is 24.3 Å². The highest BCUT2D eigenvalue weighted by molar-refractivity contribution is 7.81. The number of fused-ring (bicyclic) bond motifs is 1. The van der Waals surface area contributed by atoms with Crippen LogP contribution < -0.4 is 4.90 Å². The van der Waals surface area contributed by atoms with Gasteiger partial charge >= 0.3 is 0 Å². The van der Waals surface area contributed by atoms with Gasteiger partial charge in [-0.15, -0.1) is 0 Å². The smallest absolute Gasteiger partial charge is 0.228 e. The molecule has 1 aromatic heterocycles. The number of halogens is 1. The van der Waals surface area contributed by atoms with Gasteiger partial charge in [0.15, 0.2) is 0 Å². The highest BCUT2D eigenvalue weighted by Crippen LogP contribution is 2.34. The van der Waals surface area contributed by atoms with Gasteiger partial charge in [0.05, 0.1) is 22.4 Å². The second kappa shape index (κ2) is 4.44. The van der Waals surface area contributed by atoms with Crippen LogP contribution in [0.5, 0.6) is 0 Å². The van der Waals surface area contributed by atoms with Gasteiger partial charge < -0.3 is 4.90 Å². The molecule has 1 aliphatic rings. The Hall–Kier alpha value is -1.26. The summed E-state index contributed by atoms with van der Waals surface area (Å²) >= 11 is 10.7. The summed E-state index contributed by atoms with van der Waals surface area (Å²) in [7, 11) is 0. The quantitative estimate of drug-likeness (QED) is 0.814. The number of amides is 1. The lowest BCUT2D eigenvalue weighted by Gasteiger charge is -2.18. The van der Waals surface area contributed by atoms with Crippen molar-refractivity contribution in [2.45, 2.75) is 11.7 Å². The zero-order chi connectivity index (χ0) is 12.7. The van der Waals surface area contributed by atoms with Gasteiger partial charge in [-0.3, -0.25) is 9.78 Å². The van der Waals surface area contributed by atoms with Gasteiger partial charge in [-0.25, -0.2) is 0 Å². The van der Waals surface area contributed by atoms with Gasteiger partial charge in [0.2, 0.25) is 5.91 Å². The van der Waals surface area contributed by atoms with Crippen LogP contribution in [0.15, 0.2) is 30.5 Å². The van der Waals surface area contributed by atoms with Gasteiger partial charge in [0.1, 0.15) is 0 Å². The fourth-order valence-electron chi connectivity index (χ4n) is 2.21. The van der Waals surface area contributed by atoms with Crippen LogP contribution in [0, 0.1) is 0 Å². The lowest BCUT2D eigenvalue weighted by atomic mass is 10.2. The number of carbonyl (C=O) groups is 1. The maximum Gasteiger partial charge on any atom is 0.228 e. The molecule has 0 bridgehead atoms. The number of hydrogen-bond donors (Lipinski definition) is 1. The molecule has 0 radical (unpaired) electrons. The van der Waals surface area contributed by atoms with Gasteiger partial charge in [-0.2, -0.15) is 12.6 Å². The first-order valence-corrected chi connectivity index (χ1v) is 6.58. The molecule has 1 fully saturated rings. The molecule has 18 heavy (non-hydrogen) atoms. The van der Waals surface area contributed by atoms with Crippen molar-refractivity contribution in [1.82, 2.24) is 4.98 Å². The topological polar surface area (TPSA) is 33.2 Å². The lowest BCUT2D eigenvalue weighted by Crippen LogP contribution is -2.25. The molecule has 92 valence electrons. The number of aromatic nitrogens is 1. The van der Waals surface area contributed by atoms with E-state index in [0.29, 0.717) is 23.7 Å². The van der Waals surface area contributed by atoms with Crippen LogP contribution in [0.3, 0.4) is 0 Å².